The van der Waals surface area contributed by atoms with Gasteiger partial charge >= 0.3 is 6.09 Å². The molecule has 0 N–H and O–H groups in total. The first-order valence-electron chi connectivity index (χ1n) is 11.8. The molecule has 2 unspecified atom stereocenters. The summed E-state index contributed by atoms with van der Waals surface area (Å²) in [5.41, 5.74) is 3.52. The van der Waals surface area contributed by atoms with Gasteiger partial charge in [-0.1, -0.05) is 103 Å². The molecule has 1 saturated heterocycles. The Morgan fingerprint density at radius 1 is 0.806 bits per heavy atom. The van der Waals surface area contributed by atoms with Gasteiger partial charge in [-0.05, 0) is 40.5 Å². The quantitative estimate of drug-likeness (QED) is 0.278. The maximum atomic E-state index is 13.3. The first-order valence-corrected chi connectivity index (χ1v) is 11.8. The van der Waals surface area contributed by atoms with Crippen LogP contribution in [0.25, 0.3) is 6.08 Å². The maximum Gasteiger partial charge on any atom is 0.418 e. The number of cyclic esters (lactones) is 1. The van der Waals surface area contributed by atoms with E-state index in [1.807, 2.05) is 115 Å². The zero-order valence-electron chi connectivity index (χ0n) is 19.6. The minimum atomic E-state index is -0.660. The third-order valence-corrected chi connectivity index (χ3v) is 6.02. The van der Waals surface area contributed by atoms with Gasteiger partial charge in [0, 0.05) is 6.08 Å². The molecular weight excluding hydrogens is 450 g/mol. The van der Waals surface area contributed by atoms with E-state index < -0.39 is 24.1 Å². The summed E-state index contributed by atoms with van der Waals surface area (Å²) in [6, 6.07) is 35.8. The zero-order valence-corrected chi connectivity index (χ0v) is 19.6. The second kappa shape index (κ2) is 10.7. The summed E-state index contributed by atoms with van der Waals surface area (Å²) in [7, 11) is 0. The van der Waals surface area contributed by atoms with Gasteiger partial charge in [-0.3, -0.25) is 4.79 Å². The fourth-order valence-corrected chi connectivity index (χ4v) is 4.27. The van der Waals surface area contributed by atoms with Crippen LogP contribution in [0.4, 0.5) is 4.79 Å². The summed E-state index contributed by atoms with van der Waals surface area (Å²) in [5, 5.41) is 0. The Morgan fingerprint density at radius 3 is 2.14 bits per heavy atom. The van der Waals surface area contributed by atoms with Gasteiger partial charge in [0.1, 0.15) is 18.4 Å². The number of imide groups is 1. The molecule has 2 amide bonds. The number of ether oxygens (including phenoxy) is 2. The molecule has 178 valence electrons. The highest BCUT2D eigenvalue weighted by atomic mass is 16.6. The summed E-state index contributed by atoms with van der Waals surface area (Å²) in [4.78, 5) is 27.4. The van der Waals surface area contributed by atoms with Crippen LogP contribution in [0.3, 0.4) is 0 Å². The monoisotopic (exact) mass is 475 g/mol. The molecule has 0 saturated carbocycles. The molecule has 0 bridgehead atoms. The van der Waals surface area contributed by atoms with Gasteiger partial charge in [0.15, 0.2) is 6.10 Å². The van der Waals surface area contributed by atoms with E-state index in [0.717, 1.165) is 22.3 Å². The Labute approximate surface area is 210 Å². The van der Waals surface area contributed by atoms with E-state index in [-0.39, 0.29) is 0 Å². The standard InChI is InChI=1S/C31H25NO4/c33-28(20-19-23-13-10-18-27(21-23)35-22-24-11-4-1-5-12-24)32-29(25-14-6-2-7-15-25)30(36-31(32)34)26-16-8-3-9-17-26/h1-21,29-30H,22H2. The molecular formula is C31H25NO4. The minimum absolute atomic E-state index is 0.442. The largest absolute Gasteiger partial charge is 0.489 e. The third-order valence-electron chi connectivity index (χ3n) is 6.02. The Kier molecular flexibility index (Phi) is 6.90. The number of rotatable bonds is 7. The lowest BCUT2D eigenvalue weighted by molar-refractivity contribution is -0.124. The zero-order chi connectivity index (χ0) is 24.7. The SMILES string of the molecule is O=C(C=Cc1cccc(OCc2ccccc2)c1)N1C(=O)OC(c2ccccc2)C1c1ccccc1. The number of hydrogen-bond acceptors (Lipinski definition) is 4. The van der Waals surface area contributed by atoms with Crippen molar-refractivity contribution in [1.82, 2.24) is 4.90 Å². The van der Waals surface area contributed by atoms with Crippen LogP contribution in [0, 0.1) is 0 Å². The van der Waals surface area contributed by atoms with Gasteiger partial charge in [-0.25, -0.2) is 9.69 Å². The molecule has 1 heterocycles. The van der Waals surface area contributed by atoms with Crippen LogP contribution in [0.2, 0.25) is 0 Å². The number of amides is 2. The first kappa shape index (κ1) is 23.1. The van der Waals surface area contributed by atoms with Crippen molar-refractivity contribution in [2.75, 3.05) is 0 Å². The number of carbonyl (C=O) groups excluding carboxylic acids is 2. The van der Waals surface area contributed by atoms with Gasteiger partial charge < -0.3 is 9.47 Å². The summed E-state index contributed by atoms with van der Waals surface area (Å²) in [6.07, 6.45) is 1.84. The Bertz CT molecular complexity index is 1350. The molecule has 1 aliphatic heterocycles. The van der Waals surface area contributed by atoms with Crippen LogP contribution in [0.15, 0.2) is 121 Å². The third kappa shape index (κ3) is 5.20. The highest BCUT2D eigenvalue weighted by molar-refractivity contribution is 6.02. The van der Waals surface area contributed by atoms with E-state index in [1.54, 1.807) is 6.08 Å². The van der Waals surface area contributed by atoms with Gasteiger partial charge in [-0.15, -0.1) is 0 Å². The van der Waals surface area contributed by atoms with Crippen molar-refractivity contribution < 1.29 is 19.1 Å². The van der Waals surface area contributed by atoms with Gasteiger partial charge in [0.2, 0.25) is 0 Å². The highest BCUT2D eigenvalue weighted by Crippen LogP contribution is 2.43. The molecule has 36 heavy (non-hydrogen) atoms. The van der Waals surface area contributed by atoms with Gasteiger partial charge in [0.05, 0.1) is 0 Å². The van der Waals surface area contributed by atoms with Crippen molar-refractivity contribution in [2.45, 2.75) is 18.8 Å². The summed E-state index contributed by atoms with van der Waals surface area (Å²) in [5.74, 6) is 0.253. The first-order chi connectivity index (χ1) is 17.7. The molecule has 0 aromatic heterocycles. The maximum absolute atomic E-state index is 13.3. The normalized spacial score (nSPS) is 17.2. The molecule has 5 nitrogen and oxygen atoms in total. The number of carbonyl (C=O) groups is 2. The van der Waals surface area contributed by atoms with E-state index >= 15 is 0 Å². The molecule has 1 aliphatic rings. The molecule has 5 rings (SSSR count). The number of nitrogens with zero attached hydrogens (tertiary/aromatic N) is 1. The van der Waals surface area contributed by atoms with E-state index in [0.29, 0.717) is 12.4 Å². The van der Waals surface area contributed by atoms with Crippen molar-refractivity contribution in [3.63, 3.8) is 0 Å². The van der Waals surface area contributed by atoms with Crippen molar-refractivity contribution in [2.24, 2.45) is 0 Å². The van der Waals surface area contributed by atoms with Crippen LogP contribution >= 0.6 is 0 Å². The van der Waals surface area contributed by atoms with Crippen LogP contribution in [-0.2, 0) is 16.1 Å². The topological polar surface area (TPSA) is 55.8 Å². The molecule has 1 fully saturated rings. The predicted octanol–water partition coefficient (Wildman–Crippen LogP) is 6.74. The Balaban J connectivity index is 1.35. The summed E-state index contributed by atoms with van der Waals surface area (Å²) in [6.45, 7) is 0.451. The lowest BCUT2D eigenvalue weighted by Gasteiger charge is -2.23. The summed E-state index contributed by atoms with van der Waals surface area (Å²) >= 11 is 0. The smallest absolute Gasteiger partial charge is 0.418 e. The molecule has 5 heteroatoms. The van der Waals surface area contributed by atoms with Crippen LogP contribution < -0.4 is 4.74 Å². The summed E-state index contributed by atoms with van der Waals surface area (Å²) < 4.78 is 11.6. The minimum Gasteiger partial charge on any atom is -0.489 e. The lowest BCUT2D eigenvalue weighted by atomic mass is 9.95. The van der Waals surface area contributed by atoms with Crippen LogP contribution in [0.1, 0.15) is 34.4 Å². The molecule has 0 radical (unpaired) electrons. The van der Waals surface area contributed by atoms with E-state index in [9.17, 15) is 9.59 Å². The fourth-order valence-electron chi connectivity index (χ4n) is 4.27. The van der Waals surface area contributed by atoms with E-state index in [1.165, 1.54) is 11.0 Å². The van der Waals surface area contributed by atoms with Crippen LogP contribution in [0.5, 0.6) is 5.75 Å². The Hall–Kier alpha value is -4.64. The van der Waals surface area contributed by atoms with Crippen LogP contribution in [-0.4, -0.2) is 16.9 Å². The van der Waals surface area contributed by atoms with Crippen molar-refractivity contribution in [3.05, 3.63) is 144 Å². The van der Waals surface area contributed by atoms with Gasteiger partial charge in [-0.2, -0.15) is 0 Å². The lowest BCUT2D eigenvalue weighted by Crippen LogP contribution is -2.33. The number of hydrogen-bond donors (Lipinski definition) is 0. The van der Waals surface area contributed by atoms with Crippen molar-refractivity contribution in [3.8, 4) is 5.75 Å². The second-order valence-corrected chi connectivity index (χ2v) is 8.46. The average molecular weight is 476 g/mol. The molecule has 4 aromatic rings. The predicted molar refractivity (Wildman–Crippen MR) is 138 cm³/mol. The average Bonchev–Trinajstić information content (AvgIpc) is 3.29. The van der Waals surface area contributed by atoms with E-state index in [2.05, 4.69) is 0 Å². The van der Waals surface area contributed by atoms with Gasteiger partial charge in [0.25, 0.3) is 5.91 Å². The molecule has 0 aliphatic carbocycles. The molecule has 4 aromatic carbocycles. The Morgan fingerprint density at radius 2 is 1.44 bits per heavy atom. The fraction of sp³-hybridized carbons (Fsp3) is 0.0968. The molecule has 0 spiro atoms. The second-order valence-electron chi connectivity index (χ2n) is 8.46. The van der Waals surface area contributed by atoms with E-state index in [4.69, 9.17) is 9.47 Å². The highest BCUT2D eigenvalue weighted by Gasteiger charge is 2.46. The van der Waals surface area contributed by atoms with Crippen molar-refractivity contribution in [1.29, 1.82) is 0 Å². The van der Waals surface area contributed by atoms with Crippen molar-refractivity contribution >= 4 is 18.1 Å². The molecule has 2 atom stereocenters. The number of benzene rings is 4.